The van der Waals surface area contributed by atoms with E-state index in [4.69, 9.17) is 0 Å². The first kappa shape index (κ1) is 13.1. The van der Waals surface area contributed by atoms with Gasteiger partial charge in [0.25, 0.3) is 0 Å². The number of hydrogen-bond donors (Lipinski definition) is 1. The molecule has 2 aromatic carbocycles. The van der Waals surface area contributed by atoms with E-state index in [0.29, 0.717) is 0 Å². The molecule has 96 valence electrons. The highest BCUT2D eigenvalue weighted by Crippen LogP contribution is 2.18. The first-order chi connectivity index (χ1) is 8.81. The molecule has 0 saturated carbocycles. The van der Waals surface area contributed by atoms with Gasteiger partial charge in [0.1, 0.15) is 0 Å². The fourth-order valence-corrected chi connectivity index (χ4v) is 2.22. The van der Waals surface area contributed by atoms with Crippen LogP contribution in [0.2, 0.25) is 0 Å². The molecule has 1 atom stereocenters. The minimum absolute atomic E-state index is 0.824. The monoisotopic (exact) mass is 241 g/mol. The summed E-state index contributed by atoms with van der Waals surface area (Å²) in [7, 11) is 0. The van der Waals surface area contributed by atoms with Gasteiger partial charge >= 0.3 is 0 Å². The Labute approximate surface area is 110 Å². The second-order valence-corrected chi connectivity index (χ2v) is 5.12. The molecule has 0 aliphatic carbocycles. The minimum atomic E-state index is 0.824. The number of fused-ring (bicyclic) bond motifs is 1. The molecule has 0 spiro atoms. The van der Waals surface area contributed by atoms with Gasteiger partial charge in [-0.05, 0) is 35.2 Å². The summed E-state index contributed by atoms with van der Waals surface area (Å²) >= 11 is 0. The molecule has 0 aromatic heterocycles. The lowest BCUT2D eigenvalue weighted by atomic mass is 10.0. The molecule has 0 radical (unpaired) electrons. The van der Waals surface area contributed by atoms with Crippen LogP contribution in [0.25, 0.3) is 10.8 Å². The predicted octanol–water partition coefficient (Wildman–Crippen LogP) is 4.37. The molecule has 1 heteroatoms. The summed E-state index contributed by atoms with van der Waals surface area (Å²) in [5.41, 5.74) is 1.40. The normalized spacial score (nSPS) is 12.8. The zero-order chi connectivity index (χ0) is 12.8. The Morgan fingerprint density at radius 2 is 1.83 bits per heavy atom. The maximum atomic E-state index is 3.56. The van der Waals surface area contributed by atoms with Crippen molar-refractivity contribution in [1.29, 1.82) is 0 Å². The van der Waals surface area contributed by atoms with Crippen LogP contribution in [0.1, 0.15) is 32.3 Å². The fraction of sp³-hybridized carbons (Fsp3) is 0.412. The summed E-state index contributed by atoms with van der Waals surface area (Å²) in [6.45, 7) is 6.66. The third-order valence-corrected chi connectivity index (χ3v) is 3.71. The standard InChI is InChI=1S/C17H23N/c1-3-14(2)11-12-18-13-16-9-6-8-15-7-4-5-10-17(15)16/h4-10,14,18H,3,11-13H2,1-2H3. The van der Waals surface area contributed by atoms with Gasteiger partial charge in [-0.25, -0.2) is 0 Å². The molecule has 1 unspecified atom stereocenters. The Morgan fingerprint density at radius 1 is 1.06 bits per heavy atom. The van der Waals surface area contributed by atoms with Gasteiger partial charge in [-0.15, -0.1) is 0 Å². The van der Waals surface area contributed by atoms with Gasteiger partial charge in [-0.1, -0.05) is 62.7 Å². The molecule has 1 N–H and O–H groups in total. The zero-order valence-corrected chi connectivity index (χ0v) is 11.4. The molecule has 0 bridgehead atoms. The highest BCUT2D eigenvalue weighted by atomic mass is 14.8. The summed E-state index contributed by atoms with van der Waals surface area (Å²) in [6.07, 6.45) is 2.54. The third-order valence-electron chi connectivity index (χ3n) is 3.71. The fourth-order valence-electron chi connectivity index (χ4n) is 2.22. The molecule has 0 aliphatic rings. The minimum Gasteiger partial charge on any atom is -0.313 e. The van der Waals surface area contributed by atoms with Crippen LogP contribution in [0.15, 0.2) is 42.5 Å². The van der Waals surface area contributed by atoms with Crippen molar-refractivity contribution >= 4 is 10.8 Å². The Bertz CT molecular complexity index is 484. The van der Waals surface area contributed by atoms with Crippen LogP contribution in [0.5, 0.6) is 0 Å². The van der Waals surface area contributed by atoms with Crippen molar-refractivity contribution in [1.82, 2.24) is 5.32 Å². The molecule has 0 amide bonds. The van der Waals surface area contributed by atoms with Gasteiger partial charge < -0.3 is 5.32 Å². The molecular weight excluding hydrogens is 218 g/mol. The quantitative estimate of drug-likeness (QED) is 0.741. The maximum absolute atomic E-state index is 3.56. The lowest BCUT2D eigenvalue weighted by Gasteiger charge is -2.11. The molecule has 1 nitrogen and oxygen atoms in total. The average Bonchev–Trinajstić information content (AvgIpc) is 2.43. The number of rotatable bonds is 6. The molecule has 0 fully saturated rings. The molecular formula is C17H23N. The maximum Gasteiger partial charge on any atom is 0.0211 e. The van der Waals surface area contributed by atoms with Crippen LogP contribution in [-0.4, -0.2) is 6.54 Å². The van der Waals surface area contributed by atoms with Gasteiger partial charge in [0, 0.05) is 6.54 Å². The third kappa shape index (κ3) is 3.33. The van der Waals surface area contributed by atoms with E-state index in [0.717, 1.165) is 19.0 Å². The van der Waals surface area contributed by atoms with Crippen molar-refractivity contribution in [3.05, 3.63) is 48.0 Å². The SMILES string of the molecule is CCC(C)CCNCc1cccc2ccccc12. The second-order valence-electron chi connectivity index (χ2n) is 5.12. The highest BCUT2D eigenvalue weighted by molar-refractivity contribution is 5.85. The molecule has 18 heavy (non-hydrogen) atoms. The lowest BCUT2D eigenvalue weighted by Crippen LogP contribution is -2.16. The van der Waals surface area contributed by atoms with Gasteiger partial charge in [0.05, 0.1) is 0 Å². The van der Waals surface area contributed by atoms with Crippen molar-refractivity contribution in [2.45, 2.75) is 33.2 Å². The Hall–Kier alpha value is -1.34. The van der Waals surface area contributed by atoms with E-state index < -0.39 is 0 Å². The van der Waals surface area contributed by atoms with Gasteiger partial charge in [0.15, 0.2) is 0 Å². The van der Waals surface area contributed by atoms with Crippen LogP contribution < -0.4 is 5.32 Å². The van der Waals surface area contributed by atoms with Gasteiger partial charge in [0.2, 0.25) is 0 Å². The summed E-state index contributed by atoms with van der Waals surface area (Å²) in [5, 5.41) is 6.26. The summed E-state index contributed by atoms with van der Waals surface area (Å²) in [4.78, 5) is 0. The summed E-state index contributed by atoms with van der Waals surface area (Å²) < 4.78 is 0. The summed E-state index contributed by atoms with van der Waals surface area (Å²) in [6, 6.07) is 15.1. The average molecular weight is 241 g/mol. The van der Waals surface area contributed by atoms with Crippen LogP contribution in [0.3, 0.4) is 0 Å². The van der Waals surface area contributed by atoms with Crippen molar-refractivity contribution in [3.63, 3.8) is 0 Å². The van der Waals surface area contributed by atoms with E-state index in [1.807, 2.05) is 0 Å². The molecule has 2 aromatic rings. The summed E-state index contributed by atoms with van der Waals surface area (Å²) in [5.74, 6) is 0.824. The Kier molecular flexibility index (Phi) is 4.77. The number of benzene rings is 2. The Morgan fingerprint density at radius 3 is 2.67 bits per heavy atom. The van der Waals surface area contributed by atoms with Crippen LogP contribution in [0, 0.1) is 5.92 Å². The first-order valence-corrected chi connectivity index (χ1v) is 6.98. The molecule has 0 heterocycles. The van der Waals surface area contributed by atoms with E-state index >= 15 is 0 Å². The molecule has 0 aliphatic heterocycles. The van der Waals surface area contributed by atoms with Gasteiger partial charge in [-0.2, -0.15) is 0 Å². The van der Waals surface area contributed by atoms with Crippen molar-refractivity contribution < 1.29 is 0 Å². The highest BCUT2D eigenvalue weighted by Gasteiger charge is 2.01. The van der Waals surface area contributed by atoms with Crippen LogP contribution >= 0.6 is 0 Å². The van der Waals surface area contributed by atoms with Crippen LogP contribution in [0.4, 0.5) is 0 Å². The topological polar surface area (TPSA) is 12.0 Å². The van der Waals surface area contributed by atoms with E-state index in [9.17, 15) is 0 Å². The molecule has 0 saturated heterocycles. The van der Waals surface area contributed by atoms with Gasteiger partial charge in [-0.3, -0.25) is 0 Å². The van der Waals surface area contributed by atoms with Crippen molar-refractivity contribution in [2.24, 2.45) is 5.92 Å². The second kappa shape index (κ2) is 6.55. The molecule has 2 rings (SSSR count). The van der Waals surface area contributed by atoms with E-state index in [1.54, 1.807) is 0 Å². The zero-order valence-electron chi connectivity index (χ0n) is 11.4. The smallest absolute Gasteiger partial charge is 0.0211 e. The van der Waals surface area contributed by atoms with E-state index in [-0.39, 0.29) is 0 Å². The largest absolute Gasteiger partial charge is 0.313 e. The Balaban J connectivity index is 1.95. The number of nitrogens with one attached hydrogen (secondary N) is 1. The van der Waals surface area contributed by atoms with E-state index in [2.05, 4.69) is 61.6 Å². The van der Waals surface area contributed by atoms with Crippen LogP contribution in [-0.2, 0) is 6.54 Å². The first-order valence-electron chi connectivity index (χ1n) is 6.98. The number of hydrogen-bond acceptors (Lipinski definition) is 1. The predicted molar refractivity (Wildman–Crippen MR) is 79.7 cm³/mol. The lowest BCUT2D eigenvalue weighted by molar-refractivity contribution is 0.488. The van der Waals surface area contributed by atoms with Crippen molar-refractivity contribution in [2.75, 3.05) is 6.54 Å². The van der Waals surface area contributed by atoms with Crippen molar-refractivity contribution in [3.8, 4) is 0 Å². The van der Waals surface area contributed by atoms with E-state index in [1.165, 1.54) is 29.2 Å².